The molecular weight excluding hydrogens is 311 g/mol. The molecule has 0 bridgehead atoms. The maximum Gasteiger partial charge on any atom is 0.238 e. The largest absolute Gasteiger partial charge is 0.322 e. The molecule has 1 aromatic rings. The molecule has 1 aromatic carbocycles. The molecule has 0 atom stereocenters. The zero-order valence-electron chi connectivity index (χ0n) is 11.0. The Kier molecular flexibility index (Phi) is 4.93. The van der Waals surface area contributed by atoms with Gasteiger partial charge in [-0.3, -0.25) is 9.69 Å². The summed E-state index contributed by atoms with van der Waals surface area (Å²) in [6, 6.07) is 5.10. The molecule has 0 aliphatic heterocycles. The Morgan fingerprint density at radius 1 is 1.47 bits per heavy atom. The lowest BCUT2D eigenvalue weighted by molar-refractivity contribution is -0.117. The molecule has 0 spiro atoms. The van der Waals surface area contributed by atoms with Crippen LogP contribution in [-0.4, -0.2) is 30.4 Å². The fourth-order valence-electron chi connectivity index (χ4n) is 2.48. The molecule has 1 saturated carbocycles. The number of amides is 1. The van der Waals surface area contributed by atoms with Crippen LogP contribution in [0.2, 0.25) is 0 Å². The number of nitrogens with one attached hydrogen (secondary N) is 1. The van der Waals surface area contributed by atoms with Crippen molar-refractivity contribution in [1.29, 1.82) is 0 Å². The number of anilines is 1. The van der Waals surface area contributed by atoms with Crippen molar-refractivity contribution in [3.63, 3.8) is 0 Å². The molecular formula is C14H18BrFN2O. The molecule has 1 aliphatic carbocycles. The molecule has 5 heteroatoms. The monoisotopic (exact) mass is 328 g/mol. The summed E-state index contributed by atoms with van der Waals surface area (Å²) in [5, 5.41) is 2.62. The van der Waals surface area contributed by atoms with Crippen LogP contribution in [0.25, 0.3) is 0 Å². The summed E-state index contributed by atoms with van der Waals surface area (Å²) in [6.45, 7) is 0.306. The highest BCUT2D eigenvalue weighted by molar-refractivity contribution is 9.10. The van der Waals surface area contributed by atoms with E-state index in [1.807, 2.05) is 7.05 Å². The molecule has 1 N–H and O–H groups in total. The summed E-state index contributed by atoms with van der Waals surface area (Å²) in [6.07, 6.45) is 4.77. The Balaban J connectivity index is 1.89. The van der Waals surface area contributed by atoms with Crippen molar-refractivity contribution in [1.82, 2.24) is 4.90 Å². The highest BCUT2D eigenvalue weighted by Crippen LogP contribution is 2.22. The van der Waals surface area contributed by atoms with Crippen molar-refractivity contribution in [3.05, 3.63) is 28.5 Å². The highest BCUT2D eigenvalue weighted by atomic mass is 79.9. The first-order valence-corrected chi connectivity index (χ1v) is 7.30. The summed E-state index contributed by atoms with van der Waals surface area (Å²) in [5.41, 5.74) is 0.230. The van der Waals surface area contributed by atoms with E-state index in [1.165, 1.54) is 18.9 Å². The summed E-state index contributed by atoms with van der Waals surface area (Å²) < 4.78 is 14.2. The van der Waals surface area contributed by atoms with Gasteiger partial charge in [-0.1, -0.05) is 28.8 Å². The first kappa shape index (κ1) is 14.5. The van der Waals surface area contributed by atoms with Crippen molar-refractivity contribution < 1.29 is 9.18 Å². The molecule has 1 amide bonds. The maximum atomic E-state index is 13.6. The first-order valence-electron chi connectivity index (χ1n) is 6.51. The van der Waals surface area contributed by atoms with Gasteiger partial charge in [-0.2, -0.15) is 0 Å². The molecule has 0 radical (unpaired) electrons. The van der Waals surface area contributed by atoms with Gasteiger partial charge >= 0.3 is 0 Å². The average molecular weight is 329 g/mol. The van der Waals surface area contributed by atoms with Crippen LogP contribution in [0, 0.1) is 5.82 Å². The van der Waals surface area contributed by atoms with Crippen molar-refractivity contribution in [2.45, 2.75) is 31.7 Å². The fourth-order valence-corrected chi connectivity index (χ4v) is 2.81. The third kappa shape index (κ3) is 4.01. The lowest BCUT2D eigenvalue weighted by Gasteiger charge is -2.23. The summed E-state index contributed by atoms with van der Waals surface area (Å²) in [7, 11) is 1.95. The fraction of sp³-hybridized carbons (Fsp3) is 0.500. The van der Waals surface area contributed by atoms with Gasteiger partial charge in [0, 0.05) is 10.5 Å². The van der Waals surface area contributed by atoms with E-state index in [0.717, 1.165) is 12.8 Å². The molecule has 0 unspecified atom stereocenters. The Morgan fingerprint density at radius 3 is 2.79 bits per heavy atom. The Labute approximate surface area is 121 Å². The number of carbonyl (C=O) groups is 1. The number of carbonyl (C=O) groups excluding carboxylic acids is 1. The summed E-state index contributed by atoms with van der Waals surface area (Å²) >= 11 is 3.19. The predicted octanol–water partition coefficient (Wildman–Crippen LogP) is 3.40. The Morgan fingerprint density at radius 2 is 2.16 bits per heavy atom. The van der Waals surface area contributed by atoms with Crippen LogP contribution in [-0.2, 0) is 4.79 Å². The molecule has 19 heavy (non-hydrogen) atoms. The van der Waals surface area contributed by atoms with Crippen LogP contribution in [0.1, 0.15) is 25.7 Å². The lowest BCUT2D eigenvalue weighted by atomic mass is 10.2. The van der Waals surface area contributed by atoms with Gasteiger partial charge in [-0.25, -0.2) is 4.39 Å². The third-order valence-corrected chi connectivity index (χ3v) is 4.04. The minimum absolute atomic E-state index is 0.171. The van der Waals surface area contributed by atoms with E-state index >= 15 is 0 Å². The Hall–Kier alpha value is -0.940. The molecule has 0 aromatic heterocycles. The molecule has 1 fully saturated rings. The van der Waals surface area contributed by atoms with E-state index < -0.39 is 5.82 Å². The van der Waals surface area contributed by atoms with Gasteiger partial charge in [0.2, 0.25) is 5.91 Å². The summed E-state index contributed by atoms with van der Waals surface area (Å²) in [5.74, 6) is -0.595. The predicted molar refractivity (Wildman–Crippen MR) is 77.6 cm³/mol. The SMILES string of the molecule is CN(CC(=O)Nc1ccc(Br)cc1F)C1CCCC1. The number of hydrogen-bond acceptors (Lipinski definition) is 2. The van der Waals surface area contributed by atoms with Crippen molar-refractivity contribution in [3.8, 4) is 0 Å². The molecule has 0 heterocycles. The van der Waals surface area contributed by atoms with Gasteiger partial charge in [0.1, 0.15) is 5.82 Å². The second-order valence-corrected chi connectivity index (χ2v) is 5.94. The molecule has 0 saturated heterocycles. The van der Waals surface area contributed by atoms with Crippen LogP contribution in [0.5, 0.6) is 0 Å². The average Bonchev–Trinajstić information content (AvgIpc) is 2.86. The minimum Gasteiger partial charge on any atom is -0.322 e. The van der Waals surface area contributed by atoms with Crippen LogP contribution >= 0.6 is 15.9 Å². The third-order valence-electron chi connectivity index (χ3n) is 3.55. The van der Waals surface area contributed by atoms with Crippen LogP contribution in [0.3, 0.4) is 0 Å². The zero-order valence-corrected chi connectivity index (χ0v) is 12.5. The van der Waals surface area contributed by atoms with E-state index in [2.05, 4.69) is 26.1 Å². The van der Waals surface area contributed by atoms with Gasteiger partial charge in [0.25, 0.3) is 0 Å². The maximum absolute atomic E-state index is 13.6. The standard InChI is InChI=1S/C14H18BrFN2O/c1-18(11-4-2-3-5-11)9-14(19)17-13-7-6-10(15)8-12(13)16/h6-8,11H,2-5,9H2,1H3,(H,17,19). The number of benzene rings is 1. The Bertz CT molecular complexity index is 461. The van der Waals surface area contributed by atoms with Crippen molar-refractivity contribution in [2.24, 2.45) is 0 Å². The smallest absolute Gasteiger partial charge is 0.238 e. The summed E-state index contributed by atoms with van der Waals surface area (Å²) in [4.78, 5) is 13.9. The molecule has 3 nitrogen and oxygen atoms in total. The minimum atomic E-state index is -0.425. The van der Waals surface area contributed by atoms with Gasteiger partial charge in [0.05, 0.1) is 12.2 Å². The molecule has 1 aliphatic rings. The molecule has 104 valence electrons. The van der Waals surface area contributed by atoms with Crippen molar-refractivity contribution >= 4 is 27.5 Å². The second-order valence-electron chi connectivity index (χ2n) is 5.03. The van der Waals surface area contributed by atoms with E-state index in [4.69, 9.17) is 0 Å². The number of hydrogen-bond donors (Lipinski definition) is 1. The first-order chi connectivity index (χ1) is 9.06. The second kappa shape index (κ2) is 6.48. The van der Waals surface area contributed by atoms with E-state index in [9.17, 15) is 9.18 Å². The number of halogens is 2. The van der Waals surface area contributed by atoms with Crippen LogP contribution in [0.4, 0.5) is 10.1 Å². The van der Waals surface area contributed by atoms with Gasteiger partial charge < -0.3 is 5.32 Å². The van der Waals surface area contributed by atoms with Crippen LogP contribution in [0.15, 0.2) is 22.7 Å². The topological polar surface area (TPSA) is 32.3 Å². The zero-order chi connectivity index (χ0) is 13.8. The van der Waals surface area contributed by atoms with E-state index in [1.54, 1.807) is 12.1 Å². The number of likely N-dealkylation sites (N-methyl/N-ethyl adjacent to an activating group) is 1. The number of nitrogens with zero attached hydrogens (tertiary/aromatic N) is 1. The van der Waals surface area contributed by atoms with E-state index in [-0.39, 0.29) is 11.6 Å². The van der Waals surface area contributed by atoms with Gasteiger partial charge in [-0.05, 0) is 38.1 Å². The number of rotatable bonds is 4. The van der Waals surface area contributed by atoms with Crippen molar-refractivity contribution in [2.75, 3.05) is 18.9 Å². The normalized spacial score (nSPS) is 16.0. The lowest BCUT2D eigenvalue weighted by Crippen LogP contribution is -2.36. The van der Waals surface area contributed by atoms with E-state index in [0.29, 0.717) is 17.1 Å². The van der Waals surface area contributed by atoms with Crippen LogP contribution < -0.4 is 5.32 Å². The molecule has 2 rings (SSSR count). The highest BCUT2D eigenvalue weighted by Gasteiger charge is 2.21. The van der Waals surface area contributed by atoms with Gasteiger partial charge in [-0.15, -0.1) is 0 Å². The quantitative estimate of drug-likeness (QED) is 0.918. The van der Waals surface area contributed by atoms with Gasteiger partial charge in [0.15, 0.2) is 0 Å².